The van der Waals surface area contributed by atoms with E-state index in [-0.39, 0.29) is 5.75 Å². The second-order valence-corrected chi connectivity index (χ2v) is 3.50. The first-order valence-corrected chi connectivity index (χ1v) is 4.88. The van der Waals surface area contributed by atoms with Crippen molar-refractivity contribution in [3.05, 3.63) is 29.3 Å². The lowest BCUT2D eigenvalue weighted by molar-refractivity contribution is 0.444. The number of nitrogens with zero attached hydrogens (tertiary/aromatic N) is 2. The molecule has 0 aliphatic carbocycles. The predicted octanol–water partition coefficient (Wildman–Crippen LogP) is 2.34. The van der Waals surface area contributed by atoms with Gasteiger partial charge in [-0.2, -0.15) is 0 Å². The fourth-order valence-electron chi connectivity index (χ4n) is 1.01. The van der Waals surface area contributed by atoms with Gasteiger partial charge >= 0.3 is 0 Å². The maximum Gasteiger partial charge on any atom is 0.299 e. The highest BCUT2D eigenvalue weighted by atomic mass is 32.1. The summed E-state index contributed by atoms with van der Waals surface area (Å²) >= 11 is 1.31. The van der Waals surface area contributed by atoms with Gasteiger partial charge in [0.2, 0.25) is 0 Å². The number of phenols is 1. The topological polar surface area (TPSA) is 55.2 Å². The highest BCUT2D eigenvalue weighted by Crippen LogP contribution is 2.30. The first-order chi connectivity index (χ1) is 6.77. The molecule has 72 valence electrons. The van der Waals surface area contributed by atoms with Crippen molar-refractivity contribution >= 4 is 11.3 Å². The van der Waals surface area contributed by atoms with E-state index in [2.05, 4.69) is 10.2 Å². The second kappa shape index (κ2) is 3.63. The predicted molar refractivity (Wildman–Crippen MR) is 52.8 cm³/mol. The normalized spacial score (nSPS) is 10.1. The van der Waals surface area contributed by atoms with Crippen LogP contribution in [0.15, 0.2) is 23.7 Å². The van der Waals surface area contributed by atoms with Crippen molar-refractivity contribution in [3.8, 4) is 16.7 Å². The molecule has 0 amide bonds. The molecular formula is C9H8N2O2S. The number of ether oxygens (including phenoxy) is 1. The number of phenolic OH excluding ortho intramolecular Hbond substituents is 1. The Morgan fingerprint density at radius 2 is 2.29 bits per heavy atom. The van der Waals surface area contributed by atoms with Crippen molar-refractivity contribution < 1.29 is 9.84 Å². The third-order valence-corrected chi connectivity index (χ3v) is 2.36. The molecule has 0 radical (unpaired) electrons. The Bertz CT molecular complexity index is 428. The molecule has 1 aromatic heterocycles. The Kier molecular flexibility index (Phi) is 2.32. The highest BCUT2D eigenvalue weighted by molar-refractivity contribution is 7.11. The molecule has 0 saturated heterocycles. The van der Waals surface area contributed by atoms with Gasteiger partial charge in [0.05, 0.1) is 0 Å². The van der Waals surface area contributed by atoms with Crippen LogP contribution in [0.1, 0.15) is 5.56 Å². The lowest BCUT2D eigenvalue weighted by atomic mass is 10.2. The van der Waals surface area contributed by atoms with Crippen LogP contribution in [0.2, 0.25) is 0 Å². The van der Waals surface area contributed by atoms with Gasteiger partial charge in [-0.15, -0.1) is 5.10 Å². The maximum absolute atomic E-state index is 9.42. The van der Waals surface area contributed by atoms with Crippen LogP contribution >= 0.6 is 11.3 Å². The lowest BCUT2D eigenvalue weighted by Crippen LogP contribution is -1.87. The van der Waals surface area contributed by atoms with E-state index in [4.69, 9.17) is 4.74 Å². The third kappa shape index (κ3) is 1.67. The molecule has 14 heavy (non-hydrogen) atoms. The summed E-state index contributed by atoms with van der Waals surface area (Å²) in [5.41, 5.74) is 2.29. The van der Waals surface area contributed by atoms with Gasteiger partial charge in [0.25, 0.3) is 5.19 Å². The van der Waals surface area contributed by atoms with E-state index >= 15 is 0 Å². The van der Waals surface area contributed by atoms with Crippen molar-refractivity contribution in [1.82, 2.24) is 10.2 Å². The Labute approximate surface area is 84.8 Å². The number of hydrogen-bond acceptors (Lipinski definition) is 5. The average Bonchev–Trinajstić information content (AvgIpc) is 2.66. The summed E-state index contributed by atoms with van der Waals surface area (Å²) in [6.07, 6.45) is 0. The minimum absolute atomic E-state index is 0.215. The van der Waals surface area contributed by atoms with Gasteiger partial charge in [-0.25, -0.2) is 0 Å². The largest absolute Gasteiger partial charge is 0.508 e. The molecule has 1 N–H and O–H groups in total. The fourth-order valence-corrected chi connectivity index (χ4v) is 1.43. The van der Waals surface area contributed by atoms with Gasteiger partial charge in [-0.3, -0.25) is 0 Å². The van der Waals surface area contributed by atoms with E-state index in [9.17, 15) is 5.11 Å². The Morgan fingerprint density at radius 3 is 3.00 bits per heavy atom. The van der Waals surface area contributed by atoms with Crippen molar-refractivity contribution in [2.45, 2.75) is 6.92 Å². The number of hydrogen-bond donors (Lipinski definition) is 1. The van der Waals surface area contributed by atoms with Gasteiger partial charge in [0.15, 0.2) is 0 Å². The maximum atomic E-state index is 9.42. The molecule has 1 heterocycles. The summed E-state index contributed by atoms with van der Waals surface area (Å²) in [5, 5.41) is 17.3. The van der Waals surface area contributed by atoms with Crippen LogP contribution < -0.4 is 4.74 Å². The molecule has 2 aromatic rings. The fraction of sp³-hybridized carbons (Fsp3) is 0.111. The minimum atomic E-state index is 0.215. The van der Waals surface area contributed by atoms with Crippen molar-refractivity contribution in [2.75, 3.05) is 0 Å². The zero-order chi connectivity index (χ0) is 9.97. The minimum Gasteiger partial charge on any atom is -0.508 e. The molecule has 0 aliphatic rings. The van der Waals surface area contributed by atoms with Gasteiger partial charge in [-0.1, -0.05) is 22.5 Å². The van der Waals surface area contributed by atoms with Crippen LogP contribution in [0.25, 0.3) is 0 Å². The van der Waals surface area contributed by atoms with Crippen LogP contribution in [0.5, 0.6) is 16.7 Å². The van der Waals surface area contributed by atoms with Crippen LogP contribution in [0.3, 0.4) is 0 Å². The van der Waals surface area contributed by atoms with Crippen molar-refractivity contribution in [3.63, 3.8) is 0 Å². The smallest absolute Gasteiger partial charge is 0.299 e. The SMILES string of the molecule is Cc1c(O)cccc1Oc1nncs1. The summed E-state index contributed by atoms with van der Waals surface area (Å²) in [4.78, 5) is 0. The second-order valence-electron chi connectivity index (χ2n) is 2.71. The van der Waals surface area contributed by atoms with E-state index in [1.54, 1.807) is 30.6 Å². The van der Waals surface area contributed by atoms with E-state index in [1.807, 2.05) is 0 Å². The molecule has 0 atom stereocenters. The van der Waals surface area contributed by atoms with E-state index in [1.165, 1.54) is 11.3 Å². The molecule has 0 fully saturated rings. The van der Waals surface area contributed by atoms with Crippen LogP contribution in [-0.4, -0.2) is 15.3 Å². The number of aromatic hydroxyl groups is 1. The third-order valence-electron chi connectivity index (χ3n) is 1.79. The van der Waals surface area contributed by atoms with E-state index in [0.717, 1.165) is 0 Å². The molecule has 0 bridgehead atoms. The summed E-state index contributed by atoms with van der Waals surface area (Å²) in [5.74, 6) is 0.814. The zero-order valence-electron chi connectivity index (χ0n) is 7.47. The monoisotopic (exact) mass is 208 g/mol. The van der Waals surface area contributed by atoms with Crippen LogP contribution in [0.4, 0.5) is 0 Å². The average molecular weight is 208 g/mol. The Hall–Kier alpha value is -1.62. The van der Waals surface area contributed by atoms with Gasteiger partial charge < -0.3 is 9.84 Å². The summed E-state index contributed by atoms with van der Waals surface area (Å²) in [7, 11) is 0. The summed E-state index contributed by atoms with van der Waals surface area (Å²) in [6.45, 7) is 1.78. The van der Waals surface area contributed by atoms with E-state index in [0.29, 0.717) is 16.5 Å². The summed E-state index contributed by atoms with van der Waals surface area (Å²) in [6, 6.07) is 5.11. The molecule has 1 aromatic carbocycles. The van der Waals surface area contributed by atoms with Crippen molar-refractivity contribution in [2.24, 2.45) is 0 Å². The van der Waals surface area contributed by atoms with Gasteiger partial charge in [-0.05, 0) is 19.1 Å². The Balaban J connectivity index is 2.29. The quantitative estimate of drug-likeness (QED) is 0.823. The molecule has 0 spiro atoms. The molecule has 2 rings (SSSR count). The molecule has 0 aliphatic heterocycles. The van der Waals surface area contributed by atoms with Crippen LogP contribution in [0, 0.1) is 6.92 Å². The molecule has 0 saturated carbocycles. The van der Waals surface area contributed by atoms with Crippen LogP contribution in [-0.2, 0) is 0 Å². The van der Waals surface area contributed by atoms with Gasteiger partial charge in [0, 0.05) is 5.56 Å². The zero-order valence-corrected chi connectivity index (χ0v) is 8.28. The van der Waals surface area contributed by atoms with Gasteiger partial charge in [0.1, 0.15) is 17.0 Å². The molecule has 0 unspecified atom stereocenters. The van der Waals surface area contributed by atoms with E-state index < -0.39 is 0 Å². The number of rotatable bonds is 2. The van der Waals surface area contributed by atoms with Crippen molar-refractivity contribution in [1.29, 1.82) is 0 Å². The first-order valence-electron chi connectivity index (χ1n) is 4.00. The number of benzene rings is 1. The summed E-state index contributed by atoms with van der Waals surface area (Å²) < 4.78 is 5.41. The Morgan fingerprint density at radius 1 is 1.43 bits per heavy atom. The standard InChI is InChI=1S/C9H8N2O2S/c1-6-7(12)3-2-4-8(6)13-9-11-10-5-14-9/h2-5,12H,1H3. The first kappa shape index (κ1) is 8.96. The highest BCUT2D eigenvalue weighted by Gasteiger charge is 2.06. The molecule has 4 nitrogen and oxygen atoms in total. The lowest BCUT2D eigenvalue weighted by Gasteiger charge is -2.05. The molecule has 5 heteroatoms. The number of aromatic nitrogens is 2. The molecular weight excluding hydrogens is 200 g/mol.